The Hall–Kier alpha value is -2.82. The second kappa shape index (κ2) is 4.70. The molecule has 0 amide bonds. The van der Waals surface area contributed by atoms with E-state index in [-0.39, 0.29) is 5.56 Å². The van der Waals surface area contributed by atoms with Gasteiger partial charge in [0.25, 0.3) is 0 Å². The lowest BCUT2D eigenvalue weighted by atomic mass is 10.2. The third kappa shape index (κ3) is 2.09. The molecule has 0 aliphatic heterocycles. The molecule has 2 aromatic carbocycles. The second-order valence-corrected chi connectivity index (χ2v) is 4.55. The van der Waals surface area contributed by atoms with Crippen LogP contribution in [0.3, 0.4) is 0 Å². The van der Waals surface area contributed by atoms with Crippen LogP contribution in [0.2, 0.25) is 0 Å². The van der Waals surface area contributed by atoms with Gasteiger partial charge in [0.15, 0.2) is 0 Å². The fourth-order valence-electron chi connectivity index (χ4n) is 2.21. The van der Waals surface area contributed by atoms with Crippen LogP contribution in [0.5, 0.6) is 0 Å². The SMILES string of the molecule is Nc1nc2ccc(C(=O)O)cc2n1Cc1ccccc1. The van der Waals surface area contributed by atoms with Crippen LogP contribution in [-0.2, 0) is 6.54 Å². The summed E-state index contributed by atoms with van der Waals surface area (Å²) in [6.45, 7) is 0.562. The molecule has 0 saturated heterocycles. The molecule has 0 radical (unpaired) electrons. The largest absolute Gasteiger partial charge is 0.478 e. The van der Waals surface area contributed by atoms with E-state index in [0.717, 1.165) is 11.1 Å². The number of carboxylic acid groups (broad SMARTS) is 1. The first-order chi connectivity index (χ1) is 9.65. The van der Waals surface area contributed by atoms with Crippen LogP contribution < -0.4 is 5.73 Å². The minimum Gasteiger partial charge on any atom is -0.478 e. The molecule has 1 heterocycles. The zero-order chi connectivity index (χ0) is 14.1. The third-order valence-electron chi connectivity index (χ3n) is 3.21. The summed E-state index contributed by atoms with van der Waals surface area (Å²) in [4.78, 5) is 15.3. The molecular formula is C15H13N3O2. The number of anilines is 1. The summed E-state index contributed by atoms with van der Waals surface area (Å²) in [6.07, 6.45) is 0. The molecule has 0 saturated carbocycles. The van der Waals surface area contributed by atoms with Crippen molar-refractivity contribution in [1.29, 1.82) is 0 Å². The van der Waals surface area contributed by atoms with Crippen LogP contribution in [0.4, 0.5) is 5.95 Å². The van der Waals surface area contributed by atoms with E-state index >= 15 is 0 Å². The van der Waals surface area contributed by atoms with Crippen LogP contribution in [0.1, 0.15) is 15.9 Å². The van der Waals surface area contributed by atoms with E-state index in [2.05, 4.69) is 4.98 Å². The number of benzene rings is 2. The zero-order valence-electron chi connectivity index (χ0n) is 10.7. The smallest absolute Gasteiger partial charge is 0.335 e. The first-order valence-electron chi connectivity index (χ1n) is 6.18. The number of hydrogen-bond donors (Lipinski definition) is 2. The molecular weight excluding hydrogens is 254 g/mol. The van der Waals surface area contributed by atoms with Gasteiger partial charge in [-0.25, -0.2) is 9.78 Å². The number of hydrogen-bond acceptors (Lipinski definition) is 3. The molecule has 3 N–H and O–H groups in total. The predicted octanol–water partition coefficient (Wildman–Crippen LogP) is 2.37. The summed E-state index contributed by atoms with van der Waals surface area (Å²) >= 11 is 0. The Balaban J connectivity index is 2.11. The summed E-state index contributed by atoms with van der Waals surface area (Å²) in [7, 11) is 0. The Morgan fingerprint density at radius 1 is 1.20 bits per heavy atom. The lowest BCUT2D eigenvalue weighted by Gasteiger charge is -2.06. The average molecular weight is 267 g/mol. The monoisotopic (exact) mass is 267 g/mol. The molecule has 5 nitrogen and oxygen atoms in total. The summed E-state index contributed by atoms with van der Waals surface area (Å²) in [5, 5.41) is 9.07. The standard InChI is InChI=1S/C15H13N3O2/c16-15-17-12-7-6-11(14(19)20)8-13(12)18(15)9-10-4-2-1-3-5-10/h1-8H,9H2,(H2,16,17)(H,19,20). The maximum absolute atomic E-state index is 11.1. The van der Waals surface area contributed by atoms with Gasteiger partial charge in [-0.1, -0.05) is 30.3 Å². The van der Waals surface area contributed by atoms with Crippen molar-refractivity contribution < 1.29 is 9.90 Å². The molecule has 3 aromatic rings. The van der Waals surface area contributed by atoms with Gasteiger partial charge in [0, 0.05) is 0 Å². The van der Waals surface area contributed by atoms with Crippen LogP contribution in [-0.4, -0.2) is 20.6 Å². The highest BCUT2D eigenvalue weighted by molar-refractivity contribution is 5.93. The van der Waals surface area contributed by atoms with Gasteiger partial charge in [0.05, 0.1) is 23.1 Å². The van der Waals surface area contributed by atoms with E-state index in [1.165, 1.54) is 6.07 Å². The van der Waals surface area contributed by atoms with Crippen LogP contribution in [0.25, 0.3) is 11.0 Å². The number of aromatic nitrogens is 2. The molecule has 3 rings (SSSR count). The highest BCUT2D eigenvalue weighted by atomic mass is 16.4. The van der Waals surface area contributed by atoms with E-state index < -0.39 is 5.97 Å². The number of fused-ring (bicyclic) bond motifs is 1. The van der Waals surface area contributed by atoms with Crippen molar-refractivity contribution in [3.63, 3.8) is 0 Å². The van der Waals surface area contributed by atoms with Gasteiger partial charge in [-0.2, -0.15) is 0 Å². The Morgan fingerprint density at radius 3 is 2.65 bits per heavy atom. The fraction of sp³-hybridized carbons (Fsp3) is 0.0667. The van der Waals surface area contributed by atoms with E-state index in [1.807, 2.05) is 34.9 Å². The Bertz CT molecular complexity index is 778. The minimum absolute atomic E-state index is 0.228. The molecule has 0 fully saturated rings. The molecule has 1 aromatic heterocycles. The maximum atomic E-state index is 11.1. The van der Waals surface area contributed by atoms with Crippen molar-refractivity contribution in [3.05, 3.63) is 59.7 Å². The Morgan fingerprint density at radius 2 is 1.95 bits per heavy atom. The van der Waals surface area contributed by atoms with Crippen molar-refractivity contribution in [2.24, 2.45) is 0 Å². The van der Waals surface area contributed by atoms with Crippen LogP contribution in [0, 0.1) is 0 Å². The first kappa shape index (κ1) is 12.2. The highest BCUT2D eigenvalue weighted by Crippen LogP contribution is 2.21. The predicted molar refractivity (Wildman–Crippen MR) is 76.6 cm³/mol. The number of rotatable bonds is 3. The van der Waals surface area contributed by atoms with Crippen LogP contribution >= 0.6 is 0 Å². The number of imidazole rings is 1. The number of nitrogens with two attached hydrogens (primary N) is 1. The molecule has 20 heavy (non-hydrogen) atoms. The number of nitrogen functional groups attached to an aromatic ring is 1. The Kier molecular flexibility index (Phi) is 2.87. The lowest BCUT2D eigenvalue weighted by molar-refractivity contribution is 0.0697. The molecule has 0 aliphatic rings. The van der Waals surface area contributed by atoms with Gasteiger partial charge < -0.3 is 15.4 Å². The molecule has 0 unspecified atom stereocenters. The Labute approximate surface area is 115 Å². The molecule has 0 spiro atoms. The topological polar surface area (TPSA) is 81.1 Å². The molecule has 5 heteroatoms. The minimum atomic E-state index is -0.960. The average Bonchev–Trinajstić information content (AvgIpc) is 2.75. The quantitative estimate of drug-likeness (QED) is 0.763. The molecule has 0 atom stereocenters. The number of carboxylic acids is 1. The first-order valence-corrected chi connectivity index (χ1v) is 6.18. The van der Waals surface area contributed by atoms with Crippen molar-refractivity contribution in [2.45, 2.75) is 6.54 Å². The summed E-state index contributed by atoms with van der Waals surface area (Å²) < 4.78 is 1.82. The van der Waals surface area contributed by atoms with Gasteiger partial charge in [-0.3, -0.25) is 0 Å². The molecule has 100 valence electrons. The second-order valence-electron chi connectivity index (χ2n) is 4.55. The van der Waals surface area contributed by atoms with E-state index in [0.29, 0.717) is 18.0 Å². The van der Waals surface area contributed by atoms with Crippen LogP contribution in [0.15, 0.2) is 48.5 Å². The summed E-state index contributed by atoms with van der Waals surface area (Å²) in [6, 6.07) is 14.6. The van der Waals surface area contributed by atoms with Gasteiger partial charge in [0.1, 0.15) is 0 Å². The lowest BCUT2D eigenvalue weighted by Crippen LogP contribution is -2.05. The maximum Gasteiger partial charge on any atom is 0.335 e. The molecule has 0 aliphatic carbocycles. The van der Waals surface area contributed by atoms with Crippen molar-refractivity contribution in [1.82, 2.24) is 9.55 Å². The summed E-state index contributed by atoms with van der Waals surface area (Å²) in [5.74, 6) is -0.579. The highest BCUT2D eigenvalue weighted by Gasteiger charge is 2.11. The van der Waals surface area contributed by atoms with E-state index in [9.17, 15) is 4.79 Å². The normalized spacial score (nSPS) is 10.8. The number of carbonyl (C=O) groups is 1. The van der Waals surface area contributed by atoms with Crippen molar-refractivity contribution >= 4 is 23.0 Å². The van der Waals surface area contributed by atoms with E-state index in [1.54, 1.807) is 12.1 Å². The van der Waals surface area contributed by atoms with Gasteiger partial charge in [0.2, 0.25) is 5.95 Å². The number of aromatic carboxylic acids is 1. The summed E-state index contributed by atoms with van der Waals surface area (Å²) in [5.41, 5.74) is 8.67. The number of nitrogens with zero attached hydrogens (tertiary/aromatic N) is 2. The van der Waals surface area contributed by atoms with E-state index in [4.69, 9.17) is 10.8 Å². The van der Waals surface area contributed by atoms with Crippen molar-refractivity contribution in [3.8, 4) is 0 Å². The zero-order valence-corrected chi connectivity index (χ0v) is 10.7. The third-order valence-corrected chi connectivity index (χ3v) is 3.21. The van der Waals surface area contributed by atoms with Gasteiger partial charge >= 0.3 is 5.97 Å². The molecule has 0 bridgehead atoms. The van der Waals surface area contributed by atoms with Gasteiger partial charge in [-0.05, 0) is 23.8 Å². The van der Waals surface area contributed by atoms with Gasteiger partial charge in [-0.15, -0.1) is 0 Å². The fourth-order valence-corrected chi connectivity index (χ4v) is 2.21. The van der Waals surface area contributed by atoms with Crippen molar-refractivity contribution in [2.75, 3.05) is 5.73 Å².